The first-order chi connectivity index (χ1) is 8.81. The number of hydrogen-bond donors (Lipinski definition) is 2. The molecule has 0 aliphatic rings. The van der Waals surface area contributed by atoms with Crippen LogP contribution in [0.2, 0.25) is 0 Å². The number of rotatable bonds is 5. The van der Waals surface area contributed by atoms with Crippen molar-refractivity contribution in [2.24, 2.45) is 0 Å². The van der Waals surface area contributed by atoms with E-state index in [0.29, 0.717) is 0 Å². The van der Waals surface area contributed by atoms with Crippen LogP contribution in [0.3, 0.4) is 0 Å². The average molecular weight is 248 g/mol. The normalized spacial score (nSPS) is 12.2. The SMILES string of the molecule is CNC(c1cn[nH]n1)c1c(OC)cccc1OC. The van der Waals surface area contributed by atoms with Gasteiger partial charge in [-0.2, -0.15) is 15.4 Å². The van der Waals surface area contributed by atoms with Crippen molar-refractivity contribution in [1.82, 2.24) is 20.7 Å². The monoisotopic (exact) mass is 248 g/mol. The molecule has 0 radical (unpaired) electrons. The maximum absolute atomic E-state index is 5.39. The van der Waals surface area contributed by atoms with E-state index in [9.17, 15) is 0 Å². The fourth-order valence-corrected chi connectivity index (χ4v) is 1.95. The Hall–Kier alpha value is -2.08. The van der Waals surface area contributed by atoms with Crippen molar-refractivity contribution in [3.8, 4) is 11.5 Å². The first-order valence-electron chi connectivity index (χ1n) is 5.55. The second-order valence-corrected chi connectivity index (χ2v) is 3.69. The third kappa shape index (κ3) is 2.14. The second kappa shape index (κ2) is 5.50. The number of benzene rings is 1. The molecule has 1 unspecified atom stereocenters. The van der Waals surface area contributed by atoms with Crippen molar-refractivity contribution in [3.05, 3.63) is 35.7 Å². The fraction of sp³-hybridized carbons (Fsp3) is 0.333. The van der Waals surface area contributed by atoms with Gasteiger partial charge in [-0.05, 0) is 19.2 Å². The van der Waals surface area contributed by atoms with Crippen molar-refractivity contribution in [3.63, 3.8) is 0 Å². The number of aromatic amines is 1. The van der Waals surface area contributed by atoms with E-state index in [0.717, 1.165) is 22.8 Å². The van der Waals surface area contributed by atoms with Gasteiger partial charge in [0.1, 0.15) is 17.2 Å². The Morgan fingerprint density at radius 3 is 2.33 bits per heavy atom. The molecule has 0 spiro atoms. The zero-order valence-corrected chi connectivity index (χ0v) is 10.6. The van der Waals surface area contributed by atoms with Gasteiger partial charge >= 0.3 is 0 Å². The van der Waals surface area contributed by atoms with Gasteiger partial charge in [0.2, 0.25) is 0 Å². The lowest BCUT2D eigenvalue weighted by Crippen LogP contribution is -2.19. The second-order valence-electron chi connectivity index (χ2n) is 3.69. The van der Waals surface area contributed by atoms with Gasteiger partial charge in [0.15, 0.2) is 0 Å². The Bertz CT molecular complexity index is 477. The zero-order valence-electron chi connectivity index (χ0n) is 10.6. The molecule has 1 aromatic carbocycles. The van der Waals surface area contributed by atoms with E-state index in [-0.39, 0.29) is 6.04 Å². The molecule has 0 aliphatic carbocycles. The molecule has 1 heterocycles. The third-order valence-electron chi connectivity index (χ3n) is 2.77. The van der Waals surface area contributed by atoms with E-state index in [1.54, 1.807) is 20.4 Å². The third-order valence-corrected chi connectivity index (χ3v) is 2.77. The van der Waals surface area contributed by atoms with E-state index >= 15 is 0 Å². The summed E-state index contributed by atoms with van der Waals surface area (Å²) in [6.45, 7) is 0. The minimum atomic E-state index is -0.144. The molecule has 6 nitrogen and oxygen atoms in total. The summed E-state index contributed by atoms with van der Waals surface area (Å²) in [5.74, 6) is 1.49. The average Bonchev–Trinajstić information content (AvgIpc) is 2.93. The molecule has 96 valence electrons. The zero-order chi connectivity index (χ0) is 13.0. The van der Waals surface area contributed by atoms with Gasteiger partial charge < -0.3 is 14.8 Å². The van der Waals surface area contributed by atoms with E-state index < -0.39 is 0 Å². The molecule has 0 amide bonds. The Balaban J connectivity index is 2.53. The molecule has 0 aliphatic heterocycles. The van der Waals surface area contributed by atoms with Crippen molar-refractivity contribution >= 4 is 0 Å². The van der Waals surface area contributed by atoms with E-state index in [1.807, 2.05) is 25.2 Å². The lowest BCUT2D eigenvalue weighted by atomic mass is 10.0. The minimum absolute atomic E-state index is 0.144. The first-order valence-corrected chi connectivity index (χ1v) is 5.55. The number of aromatic nitrogens is 3. The number of ether oxygens (including phenoxy) is 2. The predicted octanol–water partition coefficient (Wildman–Crippen LogP) is 1.13. The maximum atomic E-state index is 5.39. The van der Waals surface area contributed by atoms with Crippen LogP contribution < -0.4 is 14.8 Å². The quantitative estimate of drug-likeness (QED) is 0.830. The molecule has 0 fully saturated rings. The van der Waals surface area contributed by atoms with Crippen LogP contribution in [-0.4, -0.2) is 36.7 Å². The smallest absolute Gasteiger partial charge is 0.127 e. The highest BCUT2D eigenvalue weighted by Gasteiger charge is 2.23. The van der Waals surface area contributed by atoms with Crippen LogP contribution in [0.1, 0.15) is 17.3 Å². The number of nitrogens with zero attached hydrogens (tertiary/aromatic N) is 2. The van der Waals surface area contributed by atoms with E-state index in [1.165, 1.54) is 0 Å². The molecule has 0 saturated heterocycles. The summed E-state index contributed by atoms with van der Waals surface area (Å²) in [7, 11) is 5.12. The highest BCUT2D eigenvalue weighted by molar-refractivity contribution is 5.49. The predicted molar refractivity (Wildman–Crippen MR) is 66.8 cm³/mol. The van der Waals surface area contributed by atoms with Crippen molar-refractivity contribution in [1.29, 1.82) is 0 Å². The number of hydrogen-bond acceptors (Lipinski definition) is 5. The molecule has 2 aromatic rings. The number of methoxy groups -OCH3 is 2. The molecule has 1 aromatic heterocycles. The lowest BCUT2D eigenvalue weighted by molar-refractivity contribution is 0.378. The van der Waals surface area contributed by atoms with Gasteiger partial charge in [0, 0.05) is 0 Å². The number of nitrogens with one attached hydrogen (secondary N) is 2. The summed E-state index contributed by atoms with van der Waals surface area (Å²) in [6.07, 6.45) is 1.67. The topological polar surface area (TPSA) is 72.1 Å². The Morgan fingerprint density at radius 1 is 1.22 bits per heavy atom. The van der Waals surface area contributed by atoms with Gasteiger partial charge in [-0.3, -0.25) is 0 Å². The summed E-state index contributed by atoms with van der Waals surface area (Å²) < 4.78 is 10.8. The molecule has 2 rings (SSSR count). The van der Waals surface area contributed by atoms with Gasteiger partial charge in [0.05, 0.1) is 32.0 Å². The highest BCUT2D eigenvalue weighted by atomic mass is 16.5. The highest BCUT2D eigenvalue weighted by Crippen LogP contribution is 2.36. The van der Waals surface area contributed by atoms with Crippen LogP contribution in [0.5, 0.6) is 11.5 Å². The van der Waals surface area contributed by atoms with Crippen molar-refractivity contribution in [2.75, 3.05) is 21.3 Å². The van der Waals surface area contributed by atoms with Crippen LogP contribution in [-0.2, 0) is 0 Å². The summed E-state index contributed by atoms with van der Waals surface area (Å²) in [6, 6.07) is 5.52. The standard InChI is InChI=1S/C12H16N4O2/c1-13-12(8-7-14-16-15-8)11-9(17-2)5-4-6-10(11)18-3/h4-7,12-13H,1-3H3,(H,14,15,16). The van der Waals surface area contributed by atoms with Gasteiger partial charge in [-0.25, -0.2) is 0 Å². The van der Waals surface area contributed by atoms with Gasteiger partial charge in [-0.1, -0.05) is 6.07 Å². The first kappa shape index (κ1) is 12.4. The Morgan fingerprint density at radius 2 is 1.89 bits per heavy atom. The minimum Gasteiger partial charge on any atom is -0.496 e. The van der Waals surface area contributed by atoms with Gasteiger partial charge in [0.25, 0.3) is 0 Å². The van der Waals surface area contributed by atoms with E-state index in [4.69, 9.17) is 9.47 Å². The maximum Gasteiger partial charge on any atom is 0.127 e. The van der Waals surface area contributed by atoms with E-state index in [2.05, 4.69) is 20.7 Å². The van der Waals surface area contributed by atoms with Crippen LogP contribution in [0.15, 0.2) is 24.4 Å². The van der Waals surface area contributed by atoms with Crippen molar-refractivity contribution < 1.29 is 9.47 Å². The molecular weight excluding hydrogens is 232 g/mol. The summed E-state index contributed by atoms with van der Waals surface area (Å²) in [5.41, 5.74) is 1.68. The molecular formula is C12H16N4O2. The summed E-state index contributed by atoms with van der Waals surface area (Å²) in [5, 5.41) is 13.7. The molecule has 1 atom stereocenters. The van der Waals surface area contributed by atoms with Gasteiger partial charge in [-0.15, -0.1) is 0 Å². The fourth-order valence-electron chi connectivity index (χ4n) is 1.95. The van der Waals surface area contributed by atoms with Crippen molar-refractivity contribution in [2.45, 2.75) is 6.04 Å². The summed E-state index contributed by atoms with van der Waals surface area (Å²) >= 11 is 0. The molecule has 6 heteroatoms. The van der Waals surface area contributed by atoms with Crippen LogP contribution in [0.25, 0.3) is 0 Å². The summed E-state index contributed by atoms with van der Waals surface area (Å²) in [4.78, 5) is 0. The lowest BCUT2D eigenvalue weighted by Gasteiger charge is -2.19. The largest absolute Gasteiger partial charge is 0.496 e. The molecule has 0 bridgehead atoms. The van der Waals surface area contributed by atoms with Crippen LogP contribution >= 0.6 is 0 Å². The number of H-pyrrole nitrogens is 1. The molecule has 18 heavy (non-hydrogen) atoms. The van der Waals surface area contributed by atoms with Crippen LogP contribution in [0, 0.1) is 0 Å². The molecule has 0 saturated carbocycles. The van der Waals surface area contributed by atoms with Crippen LogP contribution in [0.4, 0.5) is 0 Å². The Labute approximate surface area is 105 Å². The molecule has 2 N–H and O–H groups in total. The Kier molecular flexibility index (Phi) is 3.78.